The highest BCUT2D eigenvalue weighted by atomic mass is 15.2. The van der Waals surface area contributed by atoms with Crippen molar-refractivity contribution >= 4 is 60.7 Å². The molecule has 2 atom stereocenters. The van der Waals surface area contributed by atoms with Crippen molar-refractivity contribution in [1.82, 2.24) is 4.57 Å². The summed E-state index contributed by atoms with van der Waals surface area (Å²) in [7, 11) is 0. The van der Waals surface area contributed by atoms with Gasteiger partial charge < -0.3 is 9.47 Å². The second kappa shape index (κ2) is 12.4. The first-order valence-electron chi connectivity index (χ1n) is 19.5. The van der Waals surface area contributed by atoms with E-state index in [9.17, 15) is 0 Å². The molecule has 2 heteroatoms. The van der Waals surface area contributed by atoms with Crippen molar-refractivity contribution in [2.24, 2.45) is 0 Å². The minimum absolute atomic E-state index is 0.153. The van der Waals surface area contributed by atoms with Crippen LogP contribution >= 0.6 is 0 Å². The Morgan fingerprint density at radius 3 is 1.94 bits per heavy atom. The summed E-state index contributed by atoms with van der Waals surface area (Å²) in [4.78, 5) is 2.60. The molecule has 0 radical (unpaired) electrons. The van der Waals surface area contributed by atoms with Crippen molar-refractivity contribution in [1.29, 1.82) is 0 Å². The zero-order chi connectivity index (χ0) is 35.8. The Hall–Kier alpha value is -6.38. The van der Waals surface area contributed by atoms with Gasteiger partial charge in [-0.1, -0.05) is 147 Å². The van der Waals surface area contributed by atoms with Crippen LogP contribution in [0.1, 0.15) is 48.1 Å². The fraction of sp³-hybridized carbons (Fsp3) is 0.115. The average Bonchev–Trinajstić information content (AvgIpc) is 3.76. The molecule has 0 N–H and O–H groups in total. The van der Waals surface area contributed by atoms with E-state index in [-0.39, 0.29) is 12.0 Å². The Morgan fingerprint density at radius 2 is 1.15 bits per heavy atom. The lowest BCUT2D eigenvalue weighted by Gasteiger charge is -2.31. The normalized spacial score (nSPS) is 16.0. The lowest BCUT2D eigenvalue weighted by atomic mass is 9.82. The Balaban J connectivity index is 1.07. The number of benzene rings is 8. The number of para-hydroxylation sites is 2. The van der Waals surface area contributed by atoms with Crippen molar-refractivity contribution in [3.63, 3.8) is 0 Å². The van der Waals surface area contributed by atoms with E-state index in [0.29, 0.717) is 0 Å². The molecule has 2 nitrogen and oxygen atoms in total. The molecule has 2 heterocycles. The van der Waals surface area contributed by atoms with E-state index in [1.807, 2.05) is 0 Å². The third-order valence-electron chi connectivity index (χ3n) is 12.1. The first-order chi connectivity index (χ1) is 26.8. The van der Waals surface area contributed by atoms with E-state index < -0.39 is 0 Å². The molecule has 0 amide bonds. The molecule has 2 aliphatic rings. The summed E-state index contributed by atoms with van der Waals surface area (Å²) in [5, 5.41) is 9.31. The number of aryl methyl sites for hydroxylation is 1. The van der Waals surface area contributed by atoms with Crippen LogP contribution in [0.15, 0.2) is 170 Å². The van der Waals surface area contributed by atoms with E-state index >= 15 is 0 Å². The molecule has 1 aliphatic heterocycles. The summed E-state index contributed by atoms with van der Waals surface area (Å²) in [6, 6.07) is 61.3. The number of nitrogens with zero attached hydrogens (tertiary/aromatic N) is 2. The maximum atomic E-state index is 2.60. The molecule has 8 aromatic carbocycles. The molecule has 54 heavy (non-hydrogen) atoms. The number of aromatic nitrogens is 1. The highest BCUT2D eigenvalue weighted by Crippen LogP contribution is 2.54. The molecule has 0 spiro atoms. The second-order valence-corrected chi connectivity index (χ2v) is 15.1. The molecule has 9 aromatic rings. The fourth-order valence-electron chi connectivity index (χ4n) is 9.65. The van der Waals surface area contributed by atoms with Crippen LogP contribution in [-0.4, -0.2) is 10.6 Å². The number of rotatable bonds is 6. The lowest BCUT2D eigenvalue weighted by Crippen LogP contribution is -2.30. The largest absolute Gasteiger partial charge is 0.333 e. The minimum atomic E-state index is 0.153. The maximum Gasteiger partial charge on any atom is 0.0637 e. The minimum Gasteiger partial charge on any atom is -0.333 e. The van der Waals surface area contributed by atoms with Crippen LogP contribution in [0.5, 0.6) is 0 Å². The highest BCUT2D eigenvalue weighted by molar-refractivity contribution is 6.26. The third kappa shape index (κ3) is 4.66. The monoisotopic (exact) mass is 692 g/mol. The Morgan fingerprint density at radius 1 is 0.519 bits per heavy atom. The topological polar surface area (TPSA) is 8.17 Å². The summed E-state index contributed by atoms with van der Waals surface area (Å²) in [6.07, 6.45) is 8.41. The van der Waals surface area contributed by atoms with Gasteiger partial charge >= 0.3 is 0 Å². The van der Waals surface area contributed by atoms with Crippen LogP contribution in [0, 0.1) is 0 Å². The number of anilines is 2. The van der Waals surface area contributed by atoms with Crippen LogP contribution in [-0.2, 0) is 6.42 Å². The zero-order valence-corrected chi connectivity index (χ0v) is 30.4. The van der Waals surface area contributed by atoms with Gasteiger partial charge in [-0.25, -0.2) is 0 Å². The van der Waals surface area contributed by atoms with Crippen LogP contribution in [0.3, 0.4) is 0 Å². The predicted molar refractivity (Wildman–Crippen MR) is 230 cm³/mol. The average molecular weight is 693 g/mol. The van der Waals surface area contributed by atoms with Gasteiger partial charge in [-0.3, -0.25) is 0 Å². The molecule has 0 saturated carbocycles. The fourth-order valence-corrected chi connectivity index (χ4v) is 9.65. The van der Waals surface area contributed by atoms with E-state index in [0.717, 1.165) is 6.42 Å². The van der Waals surface area contributed by atoms with Crippen molar-refractivity contribution in [3.05, 3.63) is 192 Å². The van der Waals surface area contributed by atoms with E-state index in [1.54, 1.807) is 0 Å². The van der Waals surface area contributed by atoms with Gasteiger partial charge in [-0.05, 0) is 115 Å². The molecule has 1 aromatic heterocycles. The van der Waals surface area contributed by atoms with Crippen LogP contribution in [0.25, 0.3) is 66.1 Å². The summed E-state index contributed by atoms with van der Waals surface area (Å²) >= 11 is 0. The number of hydrogen-bond donors (Lipinski definition) is 0. The Labute approximate surface area is 316 Å². The molecule has 0 fully saturated rings. The molecule has 2 unspecified atom stereocenters. The molecular weight excluding hydrogens is 653 g/mol. The summed E-state index contributed by atoms with van der Waals surface area (Å²) < 4.78 is 2.47. The van der Waals surface area contributed by atoms with Crippen LogP contribution < -0.4 is 4.90 Å². The van der Waals surface area contributed by atoms with E-state index in [4.69, 9.17) is 0 Å². The number of unbranched alkanes of at least 4 members (excludes halogenated alkanes) is 1. The Kier molecular flexibility index (Phi) is 7.13. The van der Waals surface area contributed by atoms with E-state index in [2.05, 4.69) is 192 Å². The number of fused-ring (bicyclic) bond motifs is 13. The zero-order valence-electron chi connectivity index (χ0n) is 30.4. The van der Waals surface area contributed by atoms with Crippen LogP contribution in [0.4, 0.5) is 11.4 Å². The Bertz CT molecular complexity index is 2910. The molecular formula is C52H40N2. The van der Waals surface area contributed by atoms with E-state index in [1.165, 1.54) is 107 Å². The third-order valence-corrected chi connectivity index (χ3v) is 12.1. The first kappa shape index (κ1) is 31.2. The summed E-state index contributed by atoms with van der Waals surface area (Å²) in [5.74, 6) is 0.196. The van der Waals surface area contributed by atoms with Gasteiger partial charge in [0.2, 0.25) is 0 Å². The standard InChI is InChI=1S/C52H40N2/c1-2-3-13-34-22-28-41-42-29-27-38(33-46(42)40-17-8-7-16-39(40)45(41)32-34)54-48-21-12-10-19-44(48)52-50(54)31-30-49-51(52)43-18-9-11-20-47(43)53(49)37-25-23-36(24-26-37)35-14-5-4-6-15-35/h4-12,14-33,50,52H,2-3,13H2,1H3. The molecule has 0 saturated heterocycles. The predicted octanol–water partition coefficient (Wildman–Crippen LogP) is 13.8. The second-order valence-electron chi connectivity index (χ2n) is 15.1. The maximum absolute atomic E-state index is 2.60. The first-order valence-corrected chi connectivity index (χ1v) is 19.5. The van der Waals surface area contributed by atoms with Crippen molar-refractivity contribution < 1.29 is 0 Å². The SMILES string of the molecule is CCCCc1ccc2c3ccc(N4c5ccccc5C5c6c(n(-c7ccc(-c8ccccc8)cc7)c7ccccc67)C=CC54)cc3c3ccccc3c2c1. The van der Waals surface area contributed by atoms with Crippen molar-refractivity contribution in [2.45, 2.75) is 38.1 Å². The molecule has 0 bridgehead atoms. The van der Waals surface area contributed by atoms with Gasteiger partial charge in [-0.2, -0.15) is 0 Å². The van der Waals surface area contributed by atoms with Crippen LogP contribution in [0.2, 0.25) is 0 Å². The van der Waals surface area contributed by atoms with Crippen molar-refractivity contribution in [3.8, 4) is 16.8 Å². The van der Waals surface area contributed by atoms with Gasteiger partial charge in [-0.15, -0.1) is 0 Å². The van der Waals surface area contributed by atoms with Crippen molar-refractivity contribution in [2.75, 3.05) is 4.90 Å². The smallest absolute Gasteiger partial charge is 0.0637 e. The molecule has 1 aliphatic carbocycles. The van der Waals surface area contributed by atoms with Gasteiger partial charge in [0.15, 0.2) is 0 Å². The number of hydrogen-bond acceptors (Lipinski definition) is 1. The molecule has 258 valence electrons. The highest BCUT2D eigenvalue weighted by Gasteiger charge is 2.43. The van der Waals surface area contributed by atoms with Gasteiger partial charge in [0.1, 0.15) is 0 Å². The van der Waals surface area contributed by atoms with Gasteiger partial charge in [0, 0.05) is 28.4 Å². The van der Waals surface area contributed by atoms with Gasteiger partial charge in [0.05, 0.1) is 17.3 Å². The molecule has 11 rings (SSSR count). The van der Waals surface area contributed by atoms with Gasteiger partial charge in [0.25, 0.3) is 0 Å². The quantitative estimate of drug-likeness (QED) is 0.158. The summed E-state index contributed by atoms with van der Waals surface area (Å²) in [6.45, 7) is 2.27. The lowest BCUT2D eigenvalue weighted by molar-refractivity contribution is 0.726. The summed E-state index contributed by atoms with van der Waals surface area (Å²) in [5.41, 5.74) is 12.9.